The lowest BCUT2D eigenvalue weighted by Crippen LogP contribution is -2.55. The molecule has 0 radical (unpaired) electrons. The zero-order chi connectivity index (χ0) is 15.2. The average Bonchev–Trinajstić information content (AvgIpc) is 2.91. The fourth-order valence-corrected chi connectivity index (χ4v) is 2.58. The van der Waals surface area contributed by atoms with E-state index in [9.17, 15) is 15.0 Å². The summed E-state index contributed by atoms with van der Waals surface area (Å²) in [6.07, 6.45) is 2.56. The van der Waals surface area contributed by atoms with Gasteiger partial charge in [0.1, 0.15) is 0 Å². The van der Waals surface area contributed by atoms with Gasteiger partial charge in [0.05, 0.1) is 29.2 Å². The number of aliphatic hydroxyl groups is 2. The maximum absolute atomic E-state index is 12.6. The van der Waals surface area contributed by atoms with Crippen molar-refractivity contribution in [3.63, 3.8) is 0 Å². The summed E-state index contributed by atoms with van der Waals surface area (Å²) >= 11 is 0. The number of hydrogen-bond acceptors (Lipinski definition) is 5. The van der Waals surface area contributed by atoms with Crippen LogP contribution in [0.1, 0.15) is 29.4 Å². The molecule has 3 rings (SSSR count). The van der Waals surface area contributed by atoms with E-state index >= 15 is 0 Å². The predicted molar refractivity (Wildman–Crippen MR) is 74.9 cm³/mol. The summed E-state index contributed by atoms with van der Waals surface area (Å²) in [4.78, 5) is 18.3. The molecule has 1 aliphatic heterocycles. The molecule has 2 aromatic rings. The van der Waals surface area contributed by atoms with Gasteiger partial charge < -0.3 is 15.1 Å². The molecule has 1 saturated heterocycles. The Hall–Kier alpha value is -1.99. The third-order valence-electron chi connectivity index (χ3n) is 4.17. The summed E-state index contributed by atoms with van der Waals surface area (Å²) < 4.78 is 1.61. The van der Waals surface area contributed by atoms with Crippen molar-refractivity contribution in [3.8, 4) is 0 Å². The van der Waals surface area contributed by atoms with Crippen LogP contribution in [0.5, 0.6) is 0 Å². The molecule has 21 heavy (non-hydrogen) atoms. The van der Waals surface area contributed by atoms with Crippen molar-refractivity contribution in [1.29, 1.82) is 0 Å². The van der Waals surface area contributed by atoms with Gasteiger partial charge in [0.2, 0.25) is 0 Å². The minimum Gasteiger partial charge on any atom is -0.388 e. The SMILES string of the molecule is Cc1c(C(=O)N2CC[C@@](C)(O)[C@H](O)C2)cnc2ccnn12. The number of β-amino-alcohol motifs (C(OH)–C–C–N with tert-alkyl or cyclic N) is 1. The number of aryl methyl sites for hydroxylation is 1. The Balaban J connectivity index is 1.89. The molecule has 0 aliphatic carbocycles. The van der Waals surface area contributed by atoms with Crippen molar-refractivity contribution >= 4 is 11.6 Å². The molecule has 2 N–H and O–H groups in total. The maximum Gasteiger partial charge on any atom is 0.257 e. The molecule has 0 saturated carbocycles. The van der Waals surface area contributed by atoms with Crippen LogP contribution >= 0.6 is 0 Å². The van der Waals surface area contributed by atoms with E-state index < -0.39 is 11.7 Å². The van der Waals surface area contributed by atoms with E-state index in [4.69, 9.17) is 0 Å². The summed E-state index contributed by atoms with van der Waals surface area (Å²) in [5.41, 5.74) is 0.711. The summed E-state index contributed by atoms with van der Waals surface area (Å²) in [6, 6.07) is 1.77. The van der Waals surface area contributed by atoms with E-state index in [2.05, 4.69) is 10.1 Å². The van der Waals surface area contributed by atoms with Gasteiger partial charge in [0.25, 0.3) is 5.91 Å². The fraction of sp³-hybridized carbons (Fsp3) is 0.500. The number of nitrogens with zero attached hydrogens (tertiary/aromatic N) is 4. The van der Waals surface area contributed by atoms with Crippen molar-refractivity contribution in [1.82, 2.24) is 19.5 Å². The van der Waals surface area contributed by atoms with Crippen LogP contribution in [0, 0.1) is 6.92 Å². The first-order chi connectivity index (χ1) is 9.90. The second-order valence-electron chi connectivity index (χ2n) is 5.73. The quantitative estimate of drug-likeness (QED) is 0.771. The van der Waals surface area contributed by atoms with Crippen LogP contribution in [0.4, 0.5) is 0 Å². The summed E-state index contributed by atoms with van der Waals surface area (Å²) in [7, 11) is 0. The highest BCUT2D eigenvalue weighted by molar-refractivity contribution is 5.95. The normalized spacial score (nSPS) is 26.3. The third kappa shape index (κ3) is 2.28. The van der Waals surface area contributed by atoms with Gasteiger partial charge in [-0.2, -0.15) is 5.10 Å². The van der Waals surface area contributed by atoms with Gasteiger partial charge in [-0.15, -0.1) is 0 Å². The van der Waals surface area contributed by atoms with E-state index in [1.54, 1.807) is 28.6 Å². The Labute approximate surface area is 121 Å². The highest BCUT2D eigenvalue weighted by Crippen LogP contribution is 2.23. The Morgan fingerprint density at radius 2 is 2.29 bits per heavy atom. The molecule has 112 valence electrons. The number of fused-ring (bicyclic) bond motifs is 1. The van der Waals surface area contributed by atoms with Crippen molar-refractivity contribution in [2.45, 2.75) is 32.0 Å². The van der Waals surface area contributed by atoms with Gasteiger partial charge in [-0.05, 0) is 20.3 Å². The van der Waals surface area contributed by atoms with Crippen molar-refractivity contribution in [3.05, 3.63) is 29.7 Å². The molecular weight excluding hydrogens is 272 g/mol. The van der Waals surface area contributed by atoms with Crippen LogP contribution in [0.2, 0.25) is 0 Å². The Kier molecular flexibility index (Phi) is 3.18. The largest absolute Gasteiger partial charge is 0.388 e. The first-order valence-corrected chi connectivity index (χ1v) is 6.89. The van der Waals surface area contributed by atoms with Crippen molar-refractivity contribution < 1.29 is 15.0 Å². The van der Waals surface area contributed by atoms with Crippen LogP contribution in [0.15, 0.2) is 18.5 Å². The van der Waals surface area contributed by atoms with E-state index in [0.717, 1.165) is 0 Å². The molecule has 7 heteroatoms. The third-order valence-corrected chi connectivity index (χ3v) is 4.17. The number of amides is 1. The Bertz CT molecular complexity index is 695. The Morgan fingerprint density at radius 1 is 1.52 bits per heavy atom. The summed E-state index contributed by atoms with van der Waals surface area (Å²) in [5.74, 6) is -0.202. The molecule has 7 nitrogen and oxygen atoms in total. The molecule has 2 aromatic heterocycles. The van der Waals surface area contributed by atoms with Crippen LogP contribution in [0.3, 0.4) is 0 Å². The standard InChI is InChI=1S/C14H18N4O3/c1-9-10(7-15-12-3-5-16-18(9)12)13(20)17-6-4-14(2,21)11(19)8-17/h3,5,7,11,19,21H,4,6,8H2,1-2H3/t11-,14-/m1/s1. The number of piperidine rings is 1. The van der Waals surface area contributed by atoms with E-state index in [0.29, 0.717) is 29.9 Å². The molecule has 1 aliphatic rings. The number of carbonyl (C=O) groups is 1. The van der Waals surface area contributed by atoms with Gasteiger partial charge in [-0.1, -0.05) is 0 Å². The lowest BCUT2D eigenvalue weighted by molar-refractivity contribution is -0.0999. The number of carbonyl (C=O) groups excluding carboxylic acids is 1. The molecule has 1 fully saturated rings. The Morgan fingerprint density at radius 3 is 3.00 bits per heavy atom. The fourth-order valence-electron chi connectivity index (χ4n) is 2.58. The minimum absolute atomic E-state index is 0.114. The first kappa shape index (κ1) is 14.0. The molecule has 0 unspecified atom stereocenters. The van der Waals surface area contributed by atoms with Gasteiger partial charge in [0.15, 0.2) is 5.65 Å². The molecule has 0 bridgehead atoms. The van der Waals surface area contributed by atoms with Crippen LogP contribution < -0.4 is 0 Å². The summed E-state index contributed by atoms with van der Waals surface area (Å²) in [5, 5.41) is 24.0. The number of aliphatic hydroxyl groups excluding tert-OH is 1. The average molecular weight is 290 g/mol. The van der Waals surface area contributed by atoms with Crippen molar-refractivity contribution in [2.75, 3.05) is 13.1 Å². The number of aromatic nitrogens is 3. The zero-order valence-electron chi connectivity index (χ0n) is 12.0. The molecular formula is C14H18N4O3. The van der Waals surface area contributed by atoms with Gasteiger partial charge in [-0.25, -0.2) is 9.50 Å². The topological polar surface area (TPSA) is 91.0 Å². The van der Waals surface area contributed by atoms with Crippen LogP contribution in [0.25, 0.3) is 5.65 Å². The predicted octanol–water partition coefficient (Wildman–Crippen LogP) is -0.00448. The highest BCUT2D eigenvalue weighted by Gasteiger charge is 2.38. The number of rotatable bonds is 1. The second kappa shape index (κ2) is 4.78. The highest BCUT2D eigenvalue weighted by atomic mass is 16.3. The molecule has 0 spiro atoms. The monoisotopic (exact) mass is 290 g/mol. The van der Waals surface area contributed by atoms with Gasteiger partial charge in [0, 0.05) is 25.4 Å². The van der Waals surface area contributed by atoms with Crippen LogP contribution in [-0.2, 0) is 0 Å². The van der Waals surface area contributed by atoms with Gasteiger partial charge in [-0.3, -0.25) is 4.79 Å². The number of hydrogen-bond donors (Lipinski definition) is 2. The van der Waals surface area contributed by atoms with E-state index in [1.165, 1.54) is 6.20 Å². The smallest absolute Gasteiger partial charge is 0.257 e. The lowest BCUT2D eigenvalue weighted by Gasteiger charge is -2.40. The minimum atomic E-state index is -1.14. The van der Waals surface area contributed by atoms with Gasteiger partial charge >= 0.3 is 0 Å². The van der Waals surface area contributed by atoms with Crippen LogP contribution in [-0.4, -0.2) is 60.4 Å². The molecule has 0 aromatic carbocycles. The molecule has 2 atom stereocenters. The second-order valence-corrected chi connectivity index (χ2v) is 5.73. The zero-order valence-corrected chi connectivity index (χ0v) is 12.0. The summed E-state index contributed by atoms with van der Waals surface area (Å²) in [6.45, 7) is 3.91. The number of likely N-dealkylation sites (tertiary alicyclic amines) is 1. The molecule has 1 amide bonds. The van der Waals surface area contributed by atoms with Crippen molar-refractivity contribution in [2.24, 2.45) is 0 Å². The molecule has 3 heterocycles. The van der Waals surface area contributed by atoms with E-state index in [1.807, 2.05) is 6.92 Å². The maximum atomic E-state index is 12.6. The first-order valence-electron chi connectivity index (χ1n) is 6.89. The van der Waals surface area contributed by atoms with E-state index in [-0.39, 0.29) is 12.5 Å². The lowest BCUT2D eigenvalue weighted by atomic mass is 9.90.